The summed E-state index contributed by atoms with van der Waals surface area (Å²) in [7, 11) is 0. The number of carbonyl (C=O) groups is 1. The van der Waals surface area contributed by atoms with Crippen LogP contribution in [0.25, 0.3) is 0 Å². The molecule has 0 atom stereocenters. The Morgan fingerprint density at radius 1 is 1.44 bits per heavy atom. The van der Waals surface area contributed by atoms with Crippen LogP contribution < -0.4 is 11.1 Å². The first kappa shape index (κ1) is 14.4. The molecule has 0 spiro atoms. The molecule has 100 valence electrons. The van der Waals surface area contributed by atoms with Crippen molar-refractivity contribution in [2.45, 2.75) is 39.5 Å². The summed E-state index contributed by atoms with van der Waals surface area (Å²) in [5.41, 5.74) is 5.94. The van der Waals surface area contributed by atoms with Crippen molar-refractivity contribution in [1.82, 2.24) is 5.32 Å². The van der Waals surface area contributed by atoms with Gasteiger partial charge in [-0.3, -0.25) is 0 Å². The van der Waals surface area contributed by atoms with Crippen LogP contribution in [0.3, 0.4) is 0 Å². The maximum atomic E-state index is 13.4. The van der Waals surface area contributed by atoms with Crippen LogP contribution in [0.5, 0.6) is 0 Å². The van der Waals surface area contributed by atoms with Gasteiger partial charge in [0.1, 0.15) is 11.4 Å². The molecule has 4 nitrogen and oxygen atoms in total. The molecule has 1 rings (SSSR count). The smallest absolute Gasteiger partial charge is 0.407 e. The zero-order valence-electron chi connectivity index (χ0n) is 10.9. The fraction of sp³-hybridized carbons (Fsp3) is 0.462. The van der Waals surface area contributed by atoms with Crippen LogP contribution >= 0.6 is 0 Å². The summed E-state index contributed by atoms with van der Waals surface area (Å²) in [5.74, 6) is -0.360. The second-order valence-electron chi connectivity index (χ2n) is 4.99. The van der Waals surface area contributed by atoms with Gasteiger partial charge in [-0.2, -0.15) is 0 Å². The first-order valence-electron chi connectivity index (χ1n) is 5.76. The number of carbonyl (C=O) groups excluding carboxylic acids is 1. The molecule has 0 saturated carbocycles. The number of rotatable bonds is 3. The van der Waals surface area contributed by atoms with Crippen molar-refractivity contribution in [3.8, 4) is 0 Å². The molecular weight excluding hydrogens is 235 g/mol. The lowest BCUT2D eigenvalue weighted by Gasteiger charge is -2.19. The van der Waals surface area contributed by atoms with E-state index in [1.165, 1.54) is 6.07 Å². The Hall–Kier alpha value is -1.62. The fourth-order valence-corrected chi connectivity index (χ4v) is 1.35. The molecule has 0 fully saturated rings. The van der Waals surface area contributed by atoms with Gasteiger partial charge in [-0.1, -0.05) is 12.1 Å². The van der Waals surface area contributed by atoms with Crippen molar-refractivity contribution in [2.24, 2.45) is 5.73 Å². The lowest BCUT2D eigenvalue weighted by molar-refractivity contribution is 0.0523. The first-order chi connectivity index (χ1) is 8.31. The van der Waals surface area contributed by atoms with E-state index >= 15 is 0 Å². The van der Waals surface area contributed by atoms with Gasteiger partial charge in [-0.05, 0) is 32.4 Å². The number of benzene rings is 1. The molecule has 1 aromatic rings. The van der Waals surface area contributed by atoms with Crippen LogP contribution in [-0.4, -0.2) is 11.7 Å². The highest BCUT2D eigenvalue weighted by molar-refractivity contribution is 5.67. The summed E-state index contributed by atoms with van der Waals surface area (Å²) in [6.45, 7) is 5.72. The summed E-state index contributed by atoms with van der Waals surface area (Å²) >= 11 is 0. The maximum Gasteiger partial charge on any atom is 0.407 e. The molecule has 0 heterocycles. The molecule has 0 saturated heterocycles. The van der Waals surface area contributed by atoms with Gasteiger partial charge in [-0.15, -0.1) is 0 Å². The molecule has 1 amide bonds. The van der Waals surface area contributed by atoms with Crippen LogP contribution in [0.15, 0.2) is 18.2 Å². The first-order valence-corrected chi connectivity index (χ1v) is 5.76. The maximum absolute atomic E-state index is 13.4. The van der Waals surface area contributed by atoms with Crippen LogP contribution in [0.2, 0.25) is 0 Å². The van der Waals surface area contributed by atoms with Gasteiger partial charge in [0.25, 0.3) is 0 Å². The van der Waals surface area contributed by atoms with Crippen molar-refractivity contribution >= 4 is 6.09 Å². The van der Waals surface area contributed by atoms with Crippen LogP contribution in [0.1, 0.15) is 31.9 Å². The minimum Gasteiger partial charge on any atom is -0.444 e. The molecule has 0 radical (unpaired) electrons. The van der Waals surface area contributed by atoms with E-state index in [0.717, 1.165) is 0 Å². The van der Waals surface area contributed by atoms with E-state index in [2.05, 4.69) is 5.32 Å². The van der Waals surface area contributed by atoms with E-state index in [1.807, 2.05) is 0 Å². The van der Waals surface area contributed by atoms with Gasteiger partial charge >= 0.3 is 6.09 Å². The lowest BCUT2D eigenvalue weighted by atomic mass is 10.1. The topological polar surface area (TPSA) is 64.3 Å². The SMILES string of the molecule is CC(C)(C)OC(=O)NCc1ccc(CN)c(F)c1. The number of hydrogen-bond acceptors (Lipinski definition) is 3. The van der Waals surface area contributed by atoms with Gasteiger partial charge in [0, 0.05) is 18.7 Å². The summed E-state index contributed by atoms with van der Waals surface area (Å²) in [4.78, 5) is 11.4. The van der Waals surface area contributed by atoms with Crippen molar-refractivity contribution in [2.75, 3.05) is 0 Å². The predicted molar refractivity (Wildman–Crippen MR) is 67.4 cm³/mol. The Morgan fingerprint density at radius 3 is 2.61 bits per heavy atom. The van der Waals surface area contributed by atoms with E-state index in [-0.39, 0.29) is 18.9 Å². The van der Waals surface area contributed by atoms with Crippen molar-refractivity contribution < 1.29 is 13.9 Å². The standard InChI is InChI=1S/C13H19FN2O2/c1-13(2,3)18-12(17)16-8-9-4-5-10(7-15)11(14)6-9/h4-6H,7-8,15H2,1-3H3,(H,16,17). The predicted octanol–water partition coefficient (Wildman–Crippen LogP) is 2.31. The second-order valence-corrected chi connectivity index (χ2v) is 4.99. The molecule has 0 aliphatic carbocycles. The number of nitrogens with one attached hydrogen (secondary N) is 1. The quantitative estimate of drug-likeness (QED) is 0.870. The molecular formula is C13H19FN2O2. The van der Waals surface area contributed by atoms with Gasteiger partial charge in [0.2, 0.25) is 0 Å². The van der Waals surface area contributed by atoms with Gasteiger partial charge in [0.05, 0.1) is 0 Å². The minimum atomic E-state index is -0.543. The Balaban J connectivity index is 2.54. The monoisotopic (exact) mass is 254 g/mol. The van der Waals surface area contributed by atoms with Gasteiger partial charge in [0.15, 0.2) is 0 Å². The minimum absolute atomic E-state index is 0.158. The van der Waals surface area contributed by atoms with E-state index in [4.69, 9.17) is 10.5 Å². The Bertz CT molecular complexity index is 427. The summed E-state index contributed by atoms with van der Waals surface area (Å²) in [6.07, 6.45) is -0.522. The van der Waals surface area contributed by atoms with E-state index in [9.17, 15) is 9.18 Å². The number of amides is 1. The molecule has 5 heteroatoms. The third-order valence-electron chi connectivity index (χ3n) is 2.17. The molecule has 0 bridgehead atoms. The summed E-state index contributed by atoms with van der Waals surface area (Å²) in [5, 5.41) is 2.56. The molecule has 1 aromatic carbocycles. The van der Waals surface area contributed by atoms with E-state index < -0.39 is 11.7 Å². The number of nitrogens with two attached hydrogens (primary N) is 1. The highest BCUT2D eigenvalue weighted by atomic mass is 19.1. The van der Waals surface area contributed by atoms with Crippen molar-refractivity contribution in [3.05, 3.63) is 35.1 Å². The number of halogens is 1. The normalized spacial score (nSPS) is 11.2. The van der Waals surface area contributed by atoms with Crippen LogP contribution in [0, 0.1) is 5.82 Å². The zero-order valence-corrected chi connectivity index (χ0v) is 10.9. The highest BCUT2D eigenvalue weighted by Gasteiger charge is 2.15. The van der Waals surface area contributed by atoms with Gasteiger partial charge in [-0.25, -0.2) is 9.18 Å². The van der Waals surface area contributed by atoms with Crippen LogP contribution in [0.4, 0.5) is 9.18 Å². The lowest BCUT2D eigenvalue weighted by Crippen LogP contribution is -2.32. The fourth-order valence-electron chi connectivity index (χ4n) is 1.35. The van der Waals surface area contributed by atoms with Crippen LogP contribution in [-0.2, 0) is 17.8 Å². The third kappa shape index (κ3) is 4.71. The summed E-state index contributed by atoms with van der Waals surface area (Å²) in [6, 6.07) is 4.70. The third-order valence-corrected chi connectivity index (χ3v) is 2.17. The average Bonchev–Trinajstić information content (AvgIpc) is 2.24. The number of hydrogen-bond donors (Lipinski definition) is 2. The second kappa shape index (κ2) is 5.82. The number of alkyl carbamates (subject to hydrolysis) is 1. The Labute approximate surface area is 106 Å². The van der Waals surface area contributed by atoms with E-state index in [1.54, 1.807) is 32.9 Å². The zero-order chi connectivity index (χ0) is 13.8. The molecule has 18 heavy (non-hydrogen) atoms. The van der Waals surface area contributed by atoms with Gasteiger partial charge < -0.3 is 15.8 Å². The highest BCUT2D eigenvalue weighted by Crippen LogP contribution is 2.10. The summed E-state index contributed by atoms with van der Waals surface area (Å²) < 4.78 is 18.5. The molecule has 0 aromatic heterocycles. The molecule has 3 N–H and O–H groups in total. The molecule has 0 aliphatic heterocycles. The number of ether oxygens (including phenoxy) is 1. The molecule has 0 aliphatic rings. The molecule has 0 unspecified atom stereocenters. The Morgan fingerprint density at radius 2 is 2.11 bits per heavy atom. The Kier molecular flexibility index (Phi) is 4.67. The van der Waals surface area contributed by atoms with Crippen molar-refractivity contribution in [1.29, 1.82) is 0 Å². The van der Waals surface area contributed by atoms with Crippen molar-refractivity contribution in [3.63, 3.8) is 0 Å². The average molecular weight is 254 g/mol. The van der Waals surface area contributed by atoms with E-state index in [0.29, 0.717) is 11.1 Å². The largest absolute Gasteiger partial charge is 0.444 e.